The first kappa shape index (κ1) is 9.16. The van der Waals surface area contributed by atoms with Crippen LogP contribution in [0.2, 0.25) is 0 Å². The minimum absolute atomic E-state index is 0.499. The molecule has 3 heteroatoms. The Labute approximate surface area is 95.4 Å². The van der Waals surface area contributed by atoms with Crippen LogP contribution in [-0.4, -0.2) is 6.29 Å². The third kappa shape index (κ3) is 1.34. The van der Waals surface area contributed by atoms with Crippen LogP contribution in [0.5, 0.6) is 0 Å². The maximum absolute atomic E-state index is 10.9. The van der Waals surface area contributed by atoms with Crippen molar-refractivity contribution in [3.63, 3.8) is 0 Å². The fourth-order valence-electron chi connectivity index (χ4n) is 2.00. The number of hydrogen-bond donors (Lipinski definition) is 0. The van der Waals surface area contributed by atoms with Crippen LogP contribution in [-0.2, 0) is 0 Å². The molecule has 0 spiro atoms. The number of rotatable bonds is 2. The molecule has 1 fully saturated rings. The molecule has 0 aliphatic heterocycles. The van der Waals surface area contributed by atoms with Crippen molar-refractivity contribution < 1.29 is 9.21 Å². The minimum atomic E-state index is 0.499. The summed E-state index contributed by atoms with van der Waals surface area (Å²) in [6.07, 6.45) is 3.16. The smallest absolute Gasteiger partial charge is 0.185 e. The van der Waals surface area contributed by atoms with Crippen LogP contribution >= 0.6 is 15.9 Å². The first-order chi connectivity index (χ1) is 7.31. The molecule has 1 aliphatic rings. The minimum Gasteiger partial charge on any atom is -0.452 e. The second-order valence-corrected chi connectivity index (χ2v) is 4.74. The first-order valence-electron chi connectivity index (χ1n) is 4.97. The lowest BCUT2D eigenvalue weighted by Crippen LogP contribution is -1.83. The zero-order valence-electron chi connectivity index (χ0n) is 8.00. The van der Waals surface area contributed by atoms with Gasteiger partial charge in [0.1, 0.15) is 5.58 Å². The maximum atomic E-state index is 10.9. The number of benzene rings is 1. The summed E-state index contributed by atoms with van der Waals surface area (Å²) in [5.74, 6) is 1.03. The van der Waals surface area contributed by atoms with Crippen LogP contribution in [0.3, 0.4) is 0 Å². The number of furan rings is 1. The zero-order chi connectivity index (χ0) is 10.4. The van der Waals surface area contributed by atoms with Gasteiger partial charge in [-0.25, -0.2) is 0 Å². The van der Waals surface area contributed by atoms with Crippen molar-refractivity contribution in [1.29, 1.82) is 0 Å². The molecule has 1 aromatic heterocycles. The molecule has 0 amide bonds. The van der Waals surface area contributed by atoms with E-state index in [1.165, 1.54) is 12.8 Å². The summed E-state index contributed by atoms with van der Waals surface area (Å²) in [4.78, 5) is 10.9. The Kier molecular flexibility index (Phi) is 1.96. The van der Waals surface area contributed by atoms with E-state index in [-0.39, 0.29) is 0 Å². The summed E-state index contributed by atoms with van der Waals surface area (Å²) in [5, 5.41) is 1.08. The third-order valence-corrected chi connectivity index (χ3v) is 3.45. The van der Waals surface area contributed by atoms with Gasteiger partial charge < -0.3 is 4.42 Å². The van der Waals surface area contributed by atoms with E-state index in [1.54, 1.807) is 0 Å². The number of aldehydes is 1. The molecule has 0 N–H and O–H groups in total. The van der Waals surface area contributed by atoms with Crippen molar-refractivity contribution >= 4 is 33.2 Å². The maximum Gasteiger partial charge on any atom is 0.185 e. The summed E-state index contributed by atoms with van der Waals surface area (Å²) in [5.41, 5.74) is 1.89. The van der Waals surface area contributed by atoms with Crippen molar-refractivity contribution in [2.75, 3.05) is 0 Å². The Balaban J connectivity index is 2.38. The van der Waals surface area contributed by atoms with E-state index in [1.807, 2.05) is 18.2 Å². The molecule has 1 aliphatic carbocycles. The normalized spacial score (nSPS) is 15.8. The van der Waals surface area contributed by atoms with Gasteiger partial charge in [0, 0.05) is 10.9 Å². The van der Waals surface area contributed by atoms with E-state index in [2.05, 4.69) is 15.9 Å². The fraction of sp³-hybridized carbons (Fsp3) is 0.250. The van der Waals surface area contributed by atoms with Crippen LogP contribution in [0, 0.1) is 0 Å². The highest BCUT2D eigenvalue weighted by molar-refractivity contribution is 9.10. The molecule has 1 aromatic carbocycles. The number of hydrogen-bond acceptors (Lipinski definition) is 2. The molecule has 1 heterocycles. The van der Waals surface area contributed by atoms with Gasteiger partial charge in [-0.05, 0) is 40.8 Å². The second kappa shape index (κ2) is 3.20. The van der Waals surface area contributed by atoms with Crippen molar-refractivity contribution in [2.24, 2.45) is 0 Å². The fourth-order valence-corrected chi connectivity index (χ4v) is 2.45. The van der Waals surface area contributed by atoms with Crippen molar-refractivity contribution in [1.82, 2.24) is 0 Å². The molecule has 0 atom stereocenters. The summed E-state index contributed by atoms with van der Waals surface area (Å²) in [6.45, 7) is 0. The van der Waals surface area contributed by atoms with Crippen molar-refractivity contribution in [2.45, 2.75) is 18.8 Å². The lowest BCUT2D eigenvalue weighted by Gasteiger charge is -1.94. The summed E-state index contributed by atoms with van der Waals surface area (Å²) in [6, 6.07) is 5.92. The average molecular weight is 265 g/mol. The quantitative estimate of drug-likeness (QED) is 0.771. The Bertz CT molecular complexity index is 538. The largest absolute Gasteiger partial charge is 0.452 e. The SMILES string of the molecule is O=Cc1oc2c(Br)cccc2c1C1CC1. The predicted octanol–water partition coefficient (Wildman–Crippen LogP) is 3.89. The third-order valence-electron chi connectivity index (χ3n) is 2.83. The number of carbonyl (C=O) groups is 1. The lowest BCUT2D eigenvalue weighted by molar-refractivity contribution is 0.110. The Morgan fingerprint density at radius 3 is 2.87 bits per heavy atom. The monoisotopic (exact) mass is 264 g/mol. The number of fused-ring (bicyclic) bond motifs is 1. The number of carbonyl (C=O) groups excluding carboxylic acids is 1. The summed E-state index contributed by atoms with van der Waals surface area (Å²) < 4.78 is 6.48. The molecule has 0 radical (unpaired) electrons. The molecule has 1 saturated carbocycles. The summed E-state index contributed by atoms with van der Waals surface area (Å²) in [7, 11) is 0. The topological polar surface area (TPSA) is 30.2 Å². The van der Waals surface area contributed by atoms with Crippen LogP contribution in [0.15, 0.2) is 27.1 Å². The molecule has 2 nitrogen and oxygen atoms in total. The van der Waals surface area contributed by atoms with Gasteiger partial charge in [-0.1, -0.05) is 12.1 Å². The van der Waals surface area contributed by atoms with Gasteiger partial charge >= 0.3 is 0 Å². The van der Waals surface area contributed by atoms with Crippen molar-refractivity contribution in [3.8, 4) is 0 Å². The van der Waals surface area contributed by atoms with E-state index >= 15 is 0 Å². The molecule has 76 valence electrons. The Morgan fingerprint density at radius 2 is 2.20 bits per heavy atom. The van der Waals surface area contributed by atoms with Gasteiger partial charge in [0.05, 0.1) is 4.47 Å². The highest BCUT2D eigenvalue weighted by atomic mass is 79.9. The molecule has 0 saturated heterocycles. The predicted molar refractivity (Wildman–Crippen MR) is 61.3 cm³/mol. The highest BCUT2D eigenvalue weighted by Crippen LogP contribution is 2.46. The number of halogens is 1. The zero-order valence-corrected chi connectivity index (χ0v) is 9.58. The standard InChI is InChI=1S/C12H9BrO2/c13-9-3-1-2-8-11(7-4-5-7)10(6-14)15-12(8)9/h1-3,6-7H,4-5H2. The average Bonchev–Trinajstić information content (AvgIpc) is 3.00. The van der Waals surface area contributed by atoms with Gasteiger partial charge in [0.2, 0.25) is 0 Å². The molecule has 0 bridgehead atoms. The van der Waals surface area contributed by atoms with E-state index in [0.29, 0.717) is 11.7 Å². The van der Waals surface area contributed by atoms with E-state index < -0.39 is 0 Å². The molecule has 3 rings (SSSR count). The van der Waals surface area contributed by atoms with Gasteiger partial charge in [-0.2, -0.15) is 0 Å². The van der Waals surface area contributed by atoms with Crippen LogP contribution in [0.4, 0.5) is 0 Å². The molecule has 15 heavy (non-hydrogen) atoms. The van der Waals surface area contributed by atoms with Crippen molar-refractivity contribution in [3.05, 3.63) is 34.0 Å². The van der Waals surface area contributed by atoms with E-state index in [9.17, 15) is 4.79 Å². The van der Waals surface area contributed by atoms with Gasteiger partial charge in [0.15, 0.2) is 12.0 Å². The van der Waals surface area contributed by atoms with Crippen LogP contribution in [0.1, 0.15) is 34.9 Å². The van der Waals surface area contributed by atoms with Gasteiger partial charge in [-0.3, -0.25) is 4.79 Å². The first-order valence-corrected chi connectivity index (χ1v) is 5.76. The van der Waals surface area contributed by atoms with Crippen LogP contribution in [0.25, 0.3) is 11.0 Å². The van der Waals surface area contributed by atoms with Crippen LogP contribution < -0.4 is 0 Å². The van der Waals surface area contributed by atoms with E-state index in [4.69, 9.17) is 4.42 Å². The second-order valence-electron chi connectivity index (χ2n) is 3.89. The molecular weight excluding hydrogens is 256 g/mol. The molecular formula is C12H9BrO2. The van der Waals surface area contributed by atoms with Gasteiger partial charge in [0.25, 0.3) is 0 Å². The Hall–Kier alpha value is -1.09. The lowest BCUT2D eigenvalue weighted by atomic mass is 10.1. The summed E-state index contributed by atoms with van der Waals surface area (Å²) >= 11 is 3.43. The Morgan fingerprint density at radius 1 is 1.40 bits per heavy atom. The molecule has 2 aromatic rings. The highest BCUT2D eigenvalue weighted by Gasteiger charge is 2.31. The molecule has 0 unspecified atom stereocenters. The van der Waals surface area contributed by atoms with Gasteiger partial charge in [-0.15, -0.1) is 0 Å². The number of para-hydroxylation sites is 1. The van der Waals surface area contributed by atoms with E-state index in [0.717, 1.165) is 27.3 Å².